The Hall–Kier alpha value is -7.57. The minimum absolute atomic E-state index is 0.0757. The van der Waals surface area contributed by atoms with E-state index in [1.54, 1.807) is 61.1 Å². The predicted molar refractivity (Wildman–Crippen MR) is 257 cm³/mol. The van der Waals surface area contributed by atoms with Crippen molar-refractivity contribution in [3.63, 3.8) is 0 Å². The van der Waals surface area contributed by atoms with E-state index in [9.17, 15) is 15.3 Å². The minimum atomic E-state index is -0.115. The van der Waals surface area contributed by atoms with Crippen LogP contribution in [0.4, 0.5) is 0 Å². The van der Waals surface area contributed by atoms with Gasteiger partial charge in [-0.25, -0.2) is 29.9 Å². The van der Waals surface area contributed by atoms with Crippen molar-refractivity contribution < 1.29 is 29.5 Å². The van der Waals surface area contributed by atoms with E-state index in [0.717, 1.165) is 108 Å². The van der Waals surface area contributed by atoms with Crippen molar-refractivity contribution in [2.45, 2.75) is 32.5 Å². The highest BCUT2D eigenvalue weighted by Gasteiger charge is 2.17. The molecule has 1 aliphatic heterocycles. The van der Waals surface area contributed by atoms with Crippen molar-refractivity contribution in [3.05, 3.63) is 138 Å². The van der Waals surface area contributed by atoms with E-state index in [4.69, 9.17) is 19.2 Å². The fourth-order valence-electron chi connectivity index (χ4n) is 7.33. The lowest BCUT2D eigenvalue weighted by Crippen LogP contribution is -2.24. The zero-order valence-electron chi connectivity index (χ0n) is 35.2. The van der Waals surface area contributed by atoms with E-state index >= 15 is 0 Å². The first-order chi connectivity index (χ1) is 31.7. The Morgan fingerprint density at radius 1 is 0.615 bits per heavy atom. The van der Waals surface area contributed by atoms with Crippen molar-refractivity contribution in [1.82, 2.24) is 44.9 Å². The van der Waals surface area contributed by atoms with E-state index in [2.05, 4.69) is 62.5 Å². The number of halogens is 1. The average molecular weight is 980 g/mol. The number of H-pyrrole nitrogens is 3. The molecular formula is C49H42IN9O6. The summed E-state index contributed by atoms with van der Waals surface area (Å²) in [5.74, 6) is 1.77. The Morgan fingerprint density at radius 3 is 1.71 bits per heavy atom. The number of methoxy groups -OCH3 is 1. The van der Waals surface area contributed by atoms with Gasteiger partial charge in [0.1, 0.15) is 37.5 Å². The maximum absolute atomic E-state index is 9.75. The lowest BCUT2D eigenvalue weighted by atomic mass is 10.1. The van der Waals surface area contributed by atoms with E-state index in [-0.39, 0.29) is 23.5 Å². The zero-order chi connectivity index (χ0) is 44.9. The molecule has 1 atom stereocenters. The SMILES string of the molecule is COc1cc(-c2cnc3[nH]cc(-c4ccc(O)cc4)c3n2)ccc1O.Cc1cnc2[nH]cc(-c3ccc(OC4CCCCO4)cc3)c2n1.Oc1ccc(-c2c[nH]c3ncc(I)nc23)cc1. The van der Waals surface area contributed by atoms with Gasteiger partial charge in [-0.3, -0.25) is 0 Å². The van der Waals surface area contributed by atoms with Crippen LogP contribution >= 0.6 is 22.6 Å². The van der Waals surface area contributed by atoms with Crippen molar-refractivity contribution >= 4 is 56.1 Å². The molecule has 10 aromatic rings. The van der Waals surface area contributed by atoms with Crippen molar-refractivity contribution in [3.8, 4) is 73.4 Å². The normalized spacial score (nSPS) is 13.5. The van der Waals surface area contributed by atoms with Gasteiger partial charge in [0.15, 0.2) is 34.7 Å². The van der Waals surface area contributed by atoms with Gasteiger partial charge < -0.3 is 44.5 Å². The van der Waals surface area contributed by atoms with Gasteiger partial charge in [-0.2, -0.15) is 0 Å². The smallest absolute Gasteiger partial charge is 0.199 e. The first kappa shape index (κ1) is 42.7. The van der Waals surface area contributed by atoms with E-state index in [0.29, 0.717) is 17.1 Å². The third kappa shape index (κ3) is 9.68. The van der Waals surface area contributed by atoms with Gasteiger partial charge in [0.2, 0.25) is 0 Å². The highest BCUT2D eigenvalue weighted by molar-refractivity contribution is 14.1. The van der Waals surface area contributed by atoms with E-state index in [1.807, 2.05) is 74.0 Å². The Bertz CT molecular complexity index is 3220. The lowest BCUT2D eigenvalue weighted by Gasteiger charge is -2.23. The topological polar surface area (TPSA) is 213 Å². The fourth-order valence-corrected chi connectivity index (χ4v) is 7.71. The number of aromatic amines is 3. The van der Waals surface area contributed by atoms with Crippen molar-refractivity contribution in [2.75, 3.05) is 13.7 Å². The Morgan fingerprint density at radius 2 is 1.14 bits per heavy atom. The molecule has 1 aliphatic rings. The summed E-state index contributed by atoms with van der Waals surface area (Å²) in [4.78, 5) is 36.2. The quantitative estimate of drug-likeness (QED) is 0.0824. The highest BCUT2D eigenvalue weighted by atomic mass is 127. The number of nitrogens with one attached hydrogen (secondary N) is 3. The Balaban J connectivity index is 0.000000125. The number of phenolic OH excluding ortho intramolecular Hbond substituents is 3. The summed E-state index contributed by atoms with van der Waals surface area (Å²) < 4.78 is 17.5. The molecule has 65 heavy (non-hydrogen) atoms. The summed E-state index contributed by atoms with van der Waals surface area (Å²) >= 11 is 2.14. The Kier molecular flexibility index (Phi) is 12.5. The molecule has 4 aromatic carbocycles. The van der Waals surface area contributed by atoms with Gasteiger partial charge in [0.25, 0.3) is 0 Å². The van der Waals surface area contributed by atoms with Gasteiger partial charge in [-0.05, 0) is 114 Å². The number of rotatable bonds is 7. The standard InChI is InChI=1S/C19H15N3O3.C18H19N3O2.C12H8IN3O/c1-25-17-8-12(4-7-16(17)24)15-10-21-19-18(22-15)14(9-20-19)11-2-5-13(23)6-3-11;1-12-10-19-18-17(21-12)15(11-20-18)13-5-7-14(8-6-13)23-16-4-2-3-9-22-16;13-10-6-15-12-11(16-10)9(5-14-12)7-1-3-8(17)4-2-7/h2-10,23-24H,1H3,(H,20,21);5-8,10-11,16H,2-4,9H2,1H3,(H,19,20);1-6,17H,(H,14,15). The van der Waals surface area contributed by atoms with Crippen LogP contribution in [-0.4, -0.2) is 80.2 Å². The second kappa shape index (κ2) is 19.0. The van der Waals surface area contributed by atoms with Crippen LogP contribution in [0.25, 0.3) is 78.1 Å². The molecule has 1 saturated heterocycles. The molecule has 0 amide bonds. The number of benzene rings is 4. The molecule has 6 aromatic heterocycles. The van der Waals surface area contributed by atoms with Gasteiger partial charge in [-0.1, -0.05) is 36.4 Å². The summed E-state index contributed by atoms with van der Waals surface area (Å²) in [7, 11) is 1.50. The summed E-state index contributed by atoms with van der Waals surface area (Å²) in [6.07, 6.45) is 14.0. The molecule has 7 heterocycles. The van der Waals surface area contributed by atoms with Crippen molar-refractivity contribution in [1.29, 1.82) is 0 Å². The summed E-state index contributed by atoms with van der Waals surface area (Å²) in [6.45, 7) is 2.74. The minimum Gasteiger partial charge on any atom is -0.508 e. The number of aromatic nitrogens is 9. The number of nitrogens with zero attached hydrogens (tertiary/aromatic N) is 6. The van der Waals surface area contributed by atoms with Crippen LogP contribution in [0.1, 0.15) is 25.0 Å². The van der Waals surface area contributed by atoms with E-state index < -0.39 is 0 Å². The van der Waals surface area contributed by atoms with Crippen LogP contribution in [0.15, 0.2) is 128 Å². The van der Waals surface area contributed by atoms with Gasteiger partial charge >= 0.3 is 0 Å². The molecule has 11 rings (SSSR count). The number of phenols is 3. The molecule has 6 N–H and O–H groups in total. The monoisotopic (exact) mass is 979 g/mol. The molecule has 15 nitrogen and oxygen atoms in total. The molecule has 0 spiro atoms. The Labute approximate surface area is 385 Å². The van der Waals surface area contributed by atoms with Gasteiger partial charge in [-0.15, -0.1) is 0 Å². The second-order valence-electron chi connectivity index (χ2n) is 15.1. The van der Waals surface area contributed by atoms with Crippen LogP contribution in [0, 0.1) is 10.6 Å². The number of aromatic hydroxyl groups is 3. The molecule has 0 aliphatic carbocycles. The summed E-state index contributed by atoms with van der Waals surface area (Å²) in [5, 5.41) is 28.5. The molecule has 1 fully saturated rings. The maximum Gasteiger partial charge on any atom is 0.199 e. The number of aryl methyl sites for hydroxylation is 1. The van der Waals surface area contributed by atoms with E-state index in [1.165, 1.54) is 7.11 Å². The van der Waals surface area contributed by atoms with Gasteiger partial charge in [0, 0.05) is 47.3 Å². The summed E-state index contributed by atoms with van der Waals surface area (Å²) in [5.41, 5.74) is 13.1. The molecule has 0 bridgehead atoms. The van der Waals surface area contributed by atoms with Crippen LogP contribution in [0.2, 0.25) is 0 Å². The number of hydrogen-bond acceptors (Lipinski definition) is 12. The molecule has 1 unspecified atom stereocenters. The molecule has 0 saturated carbocycles. The largest absolute Gasteiger partial charge is 0.508 e. The number of hydrogen-bond donors (Lipinski definition) is 6. The molecule has 16 heteroatoms. The van der Waals surface area contributed by atoms with Gasteiger partial charge in [0.05, 0.1) is 43.7 Å². The zero-order valence-corrected chi connectivity index (χ0v) is 37.3. The molecule has 326 valence electrons. The fraction of sp³-hybridized carbons (Fsp3) is 0.143. The highest BCUT2D eigenvalue weighted by Crippen LogP contribution is 2.34. The van der Waals surface area contributed by atoms with Crippen LogP contribution in [0.5, 0.6) is 28.7 Å². The third-order valence-electron chi connectivity index (χ3n) is 10.6. The first-order valence-electron chi connectivity index (χ1n) is 20.7. The van der Waals surface area contributed by atoms with Crippen LogP contribution < -0.4 is 9.47 Å². The number of ether oxygens (including phenoxy) is 3. The van der Waals surface area contributed by atoms with Crippen molar-refractivity contribution in [2.24, 2.45) is 0 Å². The maximum atomic E-state index is 9.75. The first-order valence-corrected chi connectivity index (χ1v) is 21.8. The molecule has 0 radical (unpaired) electrons. The number of fused-ring (bicyclic) bond motifs is 3. The summed E-state index contributed by atoms with van der Waals surface area (Å²) in [6, 6.07) is 27.1. The second-order valence-corrected chi connectivity index (χ2v) is 16.2. The average Bonchev–Trinajstić information content (AvgIpc) is 4.08. The third-order valence-corrected chi connectivity index (χ3v) is 11.2. The predicted octanol–water partition coefficient (Wildman–Crippen LogP) is 10.5. The molecular weight excluding hydrogens is 937 g/mol. The lowest BCUT2D eigenvalue weighted by molar-refractivity contribution is -0.105. The van der Waals surface area contributed by atoms with Crippen LogP contribution in [0.3, 0.4) is 0 Å². The van der Waals surface area contributed by atoms with Crippen LogP contribution in [-0.2, 0) is 4.74 Å².